The van der Waals surface area contributed by atoms with E-state index in [0.29, 0.717) is 30.0 Å². The normalized spacial score (nSPS) is 18.2. The number of aryl methyl sites for hydroxylation is 2. The molecule has 1 aliphatic heterocycles. The molecule has 3 rings (SSSR count). The van der Waals surface area contributed by atoms with Crippen LogP contribution < -0.4 is 0 Å². The highest BCUT2D eigenvalue weighted by Crippen LogP contribution is 2.29. The summed E-state index contributed by atoms with van der Waals surface area (Å²) >= 11 is 6.21. The van der Waals surface area contributed by atoms with E-state index in [1.54, 1.807) is 19.1 Å². The molecule has 7 heteroatoms. The number of ether oxygens (including phenoxy) is 1. The lowest BCUT2D eigenvalue weighted by atomic mass is 9.97. The molecule has 1 heterocycles. The molecule has 0 aromatic heterocycles. The van der Waals surface area contributed by atoms with Crippen molar-refractivity contribution in [3.63, 3.8) is 0 Å². The van der Waals surface area contributed by atoms with Gasteiger partial charge in [0.15, 0.2) is 0 Å². The Hall–Kier alpha value is -1.99. The molecule has 2 aromatic carbocycles. The van der Waals surface area contributed by atoms with Crippen molar-refractivity contribution in [2.45, 2.75) is 70.6 Å². The van der Waals surface area contributed by atoms with Gasteiger partial charge in [0.1, 0.15) is 5.82 Å². The van der Waals surface area contributed by atoms with Gasteiger partial charge in [0.2, 0.25) is 0 Å². The summed E-state index contributed by atoms with van der Waals surface area (Å²) in [4.78, 5) is 13.3. The van der Waals surface area contributed by atoms with Crippen molar-refractivity contribution < 1.29 is 24.1 Å². The molecule has 0 radical (unpaired) electrons. The largest absolute Gasteiger partial charge is 0.481 e. The first-order valence-electron chi connectivity index (χ1n) is 12.1. The average Bonchev–Trinajstić information content (AvgIpc) is 3.22. The molecule has 186 valence electrons. The molecule has 1 fully saturated rings. The number of carbonyl (C=O) groups is 1. The molecule has 1 aliphatic rings. The summed E-state index contributed by atoms with van der Waals surface area (Å²) in [5, 5.41) is 20.4. The van der Waals surface area contributed by atoms with Gasteiger partial charge in [-0.3, -0.25) is 9.69 Å². The van der Waals surface area contributed by atoms with Crippen LogP contribution in [-0.4, -0.2) is 52.9 Å². The van der Waals surface area contributed by atoms with Gasteiger partial charge in [0.05, 0.1) is 18.8 Å². The highest BCUT2D eigenvalue weighted by atomic mass is 35.5. The van der Waals surface area contributed by atoms with Crippen LogP contribution in [-0.2, 0) is 22.4 Å². The van der Waals surface area contributed by atoms with Gasteiger partial charge < -0.3 is 14.9 Å². The van der Waals surface area contributed by atoms with E-state index < -0.39 is 12.1 Å². The SMILES string of the molecule is CC[C@@H](OC[C@H](O)CN1CCC[C@H]1Cc1ccc(C)c(F)c1)c1cc(Cl)ccc1CCC(=O)O. The lowest BCUT2D eigenvalue weighted by Crippen LogP contribution is -2.39. The smallest absolute Gasteiger partial charge is 0.303 e. The van der Waals surface area contributed by atoms with Gasteiger partial charge >= 0.3 is 5.97 Å². The number of carboxylic acids is 1. The number of halogens is 2. The van der Waals surface area contributed by atoms with E-state index >= 15 is 0 Å². The Morgan fingerprint density at radius 3 is 2.79 bits per heavy atom. The Kier molecular flexibility index (Phi) is 9.89. The zero-order valence-corrected chi connectivity index (χ0v) is 20.7. The molecule has 2 N–H and O–H groups in total. The third-order valence-electron chi connectivity index (χ3n) is 6.58. The Morgan fingerprint density at radius 1 is 1.29 bits per heavy atom. The molecule has 0 saturated carbocycles. The summed E-state index contributed by atoms with van der Waals surface area (Å²) in [6.45, 7) is 5.33. The summed E-state index contributed by atoms with van der Waals surface area (Å²) in [5.74, 6) is -1.02. The molecule has 0 amide bonds. The van der Waals surface area contributed by atoms with Gasteiger partial charge in [-0.05, 0) is 86.0 Å². The number of benzene rings is 2. The van der Waals surface area contributed by atoms with Gasteiger partial charge in [-0.1, -0.05) is 36.7 Å². The minimum Gasteiger partial charge on any atom is -0.481 e. The first-order valence-corrected chi connectivity index (χ1v) is 12.4. The van der Waals surface area contributed by atoms with E-state index in [2.05, 4.69) is 4.90 Å². The Balaban J connectivity index is 1.57. The maximum absolute atomic E-state index is 13.9. The van der Waals surface area contributed by atoms with Crippen molar-refractivity contribution in [2.75, 3.05) is 19.7 Å². The molecule has 1 saturated heterocycles. The summed E-state index contributed by atoms with van der Waals surface area (Å²) in [6, 6.07) is 11.1. The van der Waals surface area contributed by atoms with Crippen LogP contribution in [0.4, 0.5) is 4.39 Å². The number of hydrogen-bond donors (Lipinski definition) is 2. The number of aliphatic carboxylic acids is 1. The molecule has 0 aliphatic carbocycles. The molecule has 0 unspecified atom stereocenters. The van der Waals surface area contributed by atoms with E-state index in [-0.39, 0.29) is 31.0 Å². The third-order valence-corrected chi connectivity index (χ3v) is 6.81. The zero-order valence-electron chi connectivity index (χ0n) is 20.0. The van der Waals surface area contributed by atoms with Gasteiger partial charge in [-0.2, -0.15) is 0 Å². The molecule has 0 spiro atoms. The predicted molar refractivity (Wildman–Crippen MR) is 132 cm³/mol. The number of hydrogen-bond acceptors (Lipinski definition) is 4. The van der Waals surface area contributed by atoms with Crippen LogP contribution in [0.5, 0.6) is 0 Å². The average molecular weight is 492 g/mol. The fraction of sp³-hybridized carbons (Fsp3) is 0.519. The first-order chi connectivity index (χ1) is 16.3. The van der Waals surface area contributed by atoms with E-state index in [4.69, 9.17) is 21.4 Å². The monoisotopic (exact) mass is 491 g/mol. The van der Waals surface area contributed by atoms with Gasteiger partial charge in [-0.15, -0.1) is 0 Å². The number of likely N-dealkylation sites (tertiary alicyclic amines) is 1. The van der Waals surface area contributed by atoms with Crippen molar-refractivity contribution in [1.29, 1.82) is 0 Å². The van der Waals surface area contributed by atoms with Crippen LogP contribution >= 0.6 is 11.6 Å². The molecular formula is C27H35ClFNO4. The topological polar surface area (TPSA) is 70.0 Å². The minimum atomic E-state index is -0.848. The standard InChI is InChI=1S/C27H35ClFNO4/c1-3-26(24-15-21(28)10-8-20(24)9-11-27(32)33)34-17-23(31)16-30-12-4-5-22(30)13-19-7-6-18(2)25(29)14-19/h6-8,10,14-15,22-23,26,31H,3-5,9,11-13,16-17H2,1-2H3,(H,32,33)/t22-,23+,26+/m0/s1. The summed E-state index contributed by atoms with van der Waals surface area (Å²) < 4.78 is 20.0. The van der Waals surface area contributed by atoms with Crippen molar-refractivity contribution >= 4 is 17.6 Å². The van der Waals surface area contributed by atoms with Crippen LogP contribution in [0.1, 0.15) is 61.0 Å². The van der Waals surface area contributed by atoms with Crippen molar-refractivity contribution in [3.8, 4) is 0 Å². The number of β-amino-alcohol motifs (C(OH)–C–C–N with tert-alkyl or cyclic N) is 1. The second kappa shape index (κ2) is 12.6. The molecule has 3 atom stereocenters. The van der Waals surface area contributed by atoms with Crippen LogP contribution in [0.3, 0.4) is 0 Å². The van der Waals surface area contributed by atoms with Crippen molar-refractivity contribution in [2.24, 2.45) is 0 Å². The lowest BCUT2D eigenvalue weighted by Gasteiger charge is -2.28. The minimum absolute atomic E-state index is 0.0366. The molecular weight excluding hydrogens is 457 g/mol. The Labute approximate surface area is 206 Å². The van der Waals surface area contributed by atoms with Crippen LogP contribution in [0.25, 0.3) is 0 Å². The second-order valence-corrected chi connectivity index (χ2v) is 9.64. The number of aliphatic hydroxyl groups excluding tert-OH is 1. The fourth-order valence-electron chi connectivity index (χ4n) is 4.72. The second-order valence-electron chi connectivity index (χ2n) is 9.20. The Bertz CT molecular complexity index is 970. The first kappa shape index (κ1) is 26.6. The number of aliphatic hydroxyl groups is 1. The maximum atomic E-state index is 13.9. The predicted octanol–water partition coefficient (Wildman–Crippen LogP) is 5.34. The van der Waals surface area contributed by atoms with Crippen LogP contribution in [0.15, 0.2) is 36.4 Å². The highest BCUT2D eigenvalue weighted by molar-refractivity contribution is 6.30. The number of carboxylic acid groups (broad SMARTS) is 1. The number of nitrogens with zero attached hydrogens (tertiary/aromatic N) is 1. The summed E-state index contributed by atoms with van der Waals surface area (Å²) in [7, 11) is 0. The van der Waals surface area contributed by atoms with Gasteiger partial charge in [-0.25, -0.2) is 4.39 Å². The van der Waals surface area contributed by atoms with E-state index in [1.165, 1.54) is 0 Å². The molecule has 34 heavy (non-hydrogen) atoms. The lowest BCUT2D eigenvalue weighted by molar-refractivity contribution is -0.136. The summed E-state index contributed by atoms with van der Waals surface area (Å²) in [5.41, 5.74) is 3.41. The quantitative estimate of drug-likeness (QED) is 0.419. The fourth-order valence-corrected chi connectivity index (χ4v) is 4.90. The number of rotatable bonds is 12. The van der Waals surface area contributed by atoms with E-state index in [0.717, 1.165) is 42.5 Å². The van der Waals surface area contributed by atoms with Gasteiger partial charge in [0, 0.05) is 24.0 Å². The van der Waals surface area contributed by atoms with Crippen LogP contribution in [0.2, 0.25) is 5.02 Å². The van der Waals surface area contributed by atoms with Gasteiger partial charge in [0.25, 0.3) is 0 Å². The van der Waals surface area contributed by atoms with Crippen LogP contribution in [0, 0.1) is 12.7 Å². The summed E-state index contributed by atoms with van der Waals surface area (Å²) in [6.07, 6.45) is 3.02. The molecule has 5 nitrogen and oxygen atoms in total. The molecule has 0 bridgehead atoms. The zero-order chi connectivity index (χ0) is 24.7. The highest BCUT2D eigenvalue weighted by Gasteiger charge is 2.27. The third kappa shape index (κ3) is 7.51. The maximum Gasteiger partial charge on any atom is 0.303 e. The van der Waals surface area contributed by atoms with Crippen molar-refractivity contribution in [1.82, 2.24) is 4.90 Å². The Morgan fingerprint density at radius 2 is 2.09 bits per heavy atom. The molecule has 2 aromatic rings. The van der Waals surface area contributed by atoms with E-state index in [1.807, 2.05) is 31.2 Å². The van der Waals surface area contributed by atoms with Crippen molar-refractivity contribution in [3.05, 3.63) is 69.5 Å². The van der Waals surface area contributed by atoms with E-state index in [9.17, 15) is 14.3 Å².